The number of carbonyl (C=O) groups is 4. The summed E-state index contributed by atoms with van der Waals surface area (Å²) in [5, 5.41) is 31.3. The van der Waals surface area contributed by atoms with E-state index in [0.717, 1.165) is 11.3 Å². The monoisotopic (exact) mass is 575 g/mol. The van der Waals surface area contributed by atoms with Gasteiger partial charge in [0.05, 0.1) is 24.8 Å². The number of amides is 3. The average molecular weight is 576 g/mol. The van der Waals surface area contributed by atoms with Crippen molar-refractivity contribution in [3.8, 4) is 0 Å². The van der Waals surface area contributed by atoms with Crippen LogP contribution in [0.4, 0.5) is 5.69 Å². The molecular weight excluding hydrogens is 530 g/mol. The molecule has 12 heteroatoms. The molecule has 1 heterocycles. The number of aliphatic hydroxyl groups excluding tert-OH is 1. The van der Waals surface area contributed by atoms with Crippen LogP contribution in [0.2, 0.25) is 0 Å². The van der Waals surface area contributed by atoms with Crippen LogP contribution in [0.15, 0.2) is 36.4 Å². The van der Waals surface area contributed by atoms with E-state index in [9.17, 15) is 24.3 Å². The molecule has 0 bridgehead atoms. The Morgan fingerprint density at radius 2 is 1.85 bits per heavy atom. The third-order valence-electron chi connectivity index (χ3n) is 6.78. The molecule has 0 saturated carbocycles. The summed E-state index contributed by atoms with van der Waals surface area (Å²) in [5.41, 5.74) is 7.79. The van der Waals surface area contributed by atoms with Gasteiger partial charge in [0.1, 0.15) is 12.1 Å². The van der Waals surface area contributed by atoms with Gasteiger partial charge in [-0.3, -0.25) is 19.2 Å². The van der Waals surface area contributed by atoms with E-state index in [0.29, 0.717) is 38.9 Å². The van der Waals surface area contributed by atoms with Gasteiger partial charge >= 0.3 is 5.97 Å². The molecule has 0 radical (unpaired) electrons. The molecule has 41 heavy (non-hydrogen) atoms. The molecule has 1 aromatic carbocycles. The predicted octanol–water partition coefficient (Wildman–Crippen LogP) is 0.971. The second-order valence-electron chi connectivity index (χ2n) is 10.3. The Hall–Kier alpha value is -3.48. The van der Waals surface area contributed by atoms with Crippen molar-refractivity contribution < 1.29 is 34.1 Å². The highest BCUT2D eigenvalue weighted by Crippen LogP contribution is 2.11. The molecule has 0 unspecified atom stereocenters. The van der Waals surface area contributed by atoms with E-state index in [1.54, 1.807) is 6.08 Å². The van der Waals surface area contributed by atoms with Crippen LogP contribution in [0.3, 0.4) is 0 Å². The molecule has 0 fully saturated rings. The number of carbonyl (C=O) groups excluding carboxylic acids is 3. The summed E-state index contributed by atoms with van der Waals surface area (Å²) in [7, 11) is 0. The minimum Gasteiger partial charge on any atom is -0.481 e. The van der Waals surface area contributed by atoms with Gasteiger partial charge in [0.25, 0.3) is 0 Å². The van der Waals surface area contributed by atoms with Gasteiger partial charge in [0.15, 0.2) is 0 Å². The first-order valence-corrected chi connectivity index (χ1v) is 14.2. The molecule has 0 aliphatic carbocycles. The fraction of sp³-hybridized carbons (Fsp3) is 0.586. The lowest BCUT2D eigenvalue weighted by Crippen LogP contribution is -2.57. The smallest absolute Gasteiger partial charge is 0.303 e. The topological polar surface area (TPSA) is 192 Å². The minimum atomic E-state index is -1.09. The summed E-state index contributed by atoms with van der Waals surface area (Å²) in [6.07, 6.45) is 4.34. The van der Waals surface area contributed by atoms with Crippen LogP contribution < -0.4 is 27.0 Å². The van der Waals surface area contributed by atoms with E-state index < -0.39 is 54.0 Å². The van der Waals surface area contributed by atoms with E-state index in [2.05, 4.69) is 21.3 Å². The summed E-state index contributed by atoms with van der Waals surface area (Å²) >= 11 is 0. The zero-order chi connectivity index (χ0) is 30.2. The van der Waals surface area contributed by atoms with E-state index in [1.807, 2.05) is 44.2 Å². The lowest BCUT2D eigenvalue weighted by Gasteiger charge is -2.28. The van der Waals surface area contributed by atoms with Gasteiger partial charge in [0, 0.05) is 25.3 Å². The van der Waals surface area contributed by atoms with Gasteiger partial charge in [-0.1, -0.05) is 43.2 Å². The van der Waals surface area contributed by atoms with E-state index in [-0.39, 0.29) is 25.8 Å². The number of hydrogen-bond donors (Lipinski definition) is 7. The maximum atomic E-state index is 13.3. The molecule has 12 nitrogen and oxygen atoms in total. The Balaban J connectivity index is 2.14. The van der Waals surface area contributed by atoms with Gasteiger partial charge in [-0.2, -0.15) is 0 Å². The van der Waals surface area contributed by atoms with E-state index in [4.69, 9.17) is 15.6 Å². The fourth-order valence-corrected chi connectivity index (χ4v) is 4.28. The number of carboxylic acid groups (broad SMARTS) is 1. The number of nitrogens with one attached hydrogen (secondary N) is 4. The largest absolute Gasteiger partial charge is 0.481 e. The van der Waals surface area contributed by atoms with Crippen molar-refractivity contribution in [1.29, 1.82) is 0 Å². The van der Waals surface area contributed by atoms with Gasteiger partial charge < -0.3 is 42.0 Å². The highest BCUT2D eigenvalue weighted by molar-refractivity contribution is 5.93. The van der Waals surface area contributed by atoms with Crippen LogP contribution in [0.25, 0.3) is 0 Å². The standard InChI is InChI=1S/C29H45N5O7/c1-3-7-23-28(39)32-22(25(35)18-31-20-11-9-19(2)10-12-20)15-17-41-16-6-4-5-8-24(29(40)34-23)33-27(38)21(30)13-14-26(36)37/h4,6,9-12,21-25,31,35H,3,5,7-8,13-18,30H2,1-2H3,(H,32,39)(H,33,38)(H,34,40)(H,36,37)/b6-4+/t21-,22-,23-,24-,25+/m0/s1. The number of benzene rings is 1. The molecule has 228 valence electrons. The van der Waals surface area contributed by atoms with Crippen LogP contribution in [0, 0.1) is 6.92 Å². The predicted molar refractivity (Wildman–Crippen MR) is 155 cm³/mol. The highest BCUT2D eigenvalue weighted by Gasteiger charge is 2.30. The molecule has 0 spiro atoms. The Labute approximate surface area is 241 Å². The zero-order valence-electron chi connectivity index (χ0n) is 23.9. The lowest BCUT2D eigenvalue weighted by molar-refractivity contribution is -0.137. The van der Waals surface area contributed by atoms with Crippen LogP contribution in [0.5, 0.6) is 0 Å². The third-order valence-corrected chi connectivity index (χ3v) is 6.78. The molecular formula is C29H45N5O7. The average Bonchev–Trinajstić information content (AvgIpc) is 2.94. The van der Waals surface area contributed by atoms with Crippen molar-refractivity contribution in [2.24, 2.45) is 5.73 Å². The number of anilines is 1. The van der Waals surface area contributed by atoms with Crippen LogP contribution in [-0.4, -0.2) is 83.9 Å². The summed E-state index contributed by atoms with van der Waals surface area (Å²) < 4.78 is 5.68. The third kappa shape index (κ3) is 12.7. The molecule has 0 saturated heterocycles. The molecule has 5 atom stereocenters. The van der Waals surface area contributed by atoms with Gasteiger partial charge in [-0.25, -0.2) is 0 Å². The Bertz CT molecular complexity index is 1020. The van der Waals surface area contributed by atoms with Crippen molar-refractivity contribution in [1.82, 2.24) is 16.0 Å². The summed E-state index contributed by atoms with van der Waals surface area (Å²) in [5.74, 6) is -2.71. The number of ether oxygens (including phenoxy) is 1. The van der Waals surface area contributed by atoms with Crippen molar-refractivity contribution in [3.05, 3.63) is 42.0 Å². The van der Waals surface area contributed by atoms with Crippen LogP contribution in [-0.2, 0) is 23.9 Å². The van der Waals surface area contributed by atoms with Crippen molar-refractivity contribution in [2.75, 3.05) is 25.1 Å². The SMILES string of the molecule is CCC[C@@H]1NC(=O)[C@@H](NC(=O)[C@@H](N)CCC(=O)O)CC/C=C/COCC[C@@H]([C@H](O)CNc2ccc(C)cc2)NC1=O. The molecule has 3 amide bonds. The zero-order valence-corrected chi connectivity index (χ0v) is 23.9. The second-order valence-corrected chi connectivity index (χ2v) is 10.3. The van der Waals surface area contributed by atoms with E-state index >= 15 is 0 Å². The maximum Gasteiger partial charge on any atom is 0.303 e. The number of allylic oxidation sites excluding steroid dienone is 1. The van der Waals surface area contributed by atoms with E-state index in [1.165, 1.54) is 0 Å². The number of rotatable bonds is 11. The van der Waals surface area contributed by atoms with Gasteiger partial charge in [-0.15, -0.1) is 0 Å². The number of aliphatic carboxylic acids is 1. The first kappa shape index (κ1) is 33.7. The number of hydrogen-bond acceptors (Lipinski definition) is 8. The van der Waals surface area contributed by atoms with Gasteiger partial charge in [-0.05, 0) is 51.2 Å². The normalized spacial score (nSPS) is 23.1. The molecule has 1 aliphatic heterocycles. The number of carboxylic acids is 1. The summed E-state index contributed by atoms with van der Waals surface area (Å²) in [4.78, 5) is 50.0. The quantitative estimate of drug-likeness (QED) is 0.188. The first-order chi connectivity index (χ1) is 19.6. The number of aryl methyl sites for hydroxylation is 1. The Kier molecular flexibility index (Phi) is 14.8. The molecule has 0 aromatic heterocycles. The molecule has 8 N–H and O–H groups in total. The maximum absolute atomic E-state index is 13.3. The summed E-state index contributed by atoms with van der Waals surface area (Å²) in [6.45, 7) is 4.66. The molecule has 1 aromatic rings. The lowest BCUT2D eigenvalue weighted by atomic mass is 10.0. The van der Waals surface area contributed by atoms with Crippen LogP contribution in [0.1, 0.15) is 57.4 Å². The fourth-order valence-electron chi connectivity index (χ4n) is 4.28. The minimum absolute atomic E-state index is 0.0733. The number of aliphatic hydroxyl groups is 1. The highest BCUT2D eigenvalue weighted by atomic mass is 16.5. The molecule has 2 rings (SSSR count). The number of nitrogens with two attached hydrogens (primary N) is 1. The van der Waals surface area contributed by atoms with Crippen molar-refractivity contribution in [3.63, 3.8) is 0 Å². The summed E-state index contributed by atoms with van der Waals surface area (Å²) in [6, 6.07) is 4.12. The first-order valence-electron chi connectivity index (χ1n) is 14.2. The Morgan fingerprint density at radius 1 is 1.12 bits per heavy atom. The Morgan fingerprint density at radius 3 is 2.54 bits per heavy atom. The van der Waals surface area contributed by atoms with Crippen LogP contribution >= 0.6 is 0 Å². The second kappa shape index (κ2) is 18.1. The van der Waals surface area contributed by atoms with Gasteiger partial charge in [0.2, 0.25) is 17.7 Å². The van der Waals surface area contributed by atoms with Crippen molar-refractivity contribution >= 4 is 29.4 Å². The molecule has 1 aliphatic rings. The van der Waals surface area contributed by atoms with Crippen molar-refractivity contribution in [2.45, 2.75) is 89.1 Å².